The average Bonchev–Trinajstić information content (AvgIpc) is 2.77. The predicted molar refractivity (Wildman–Crippen MR) is 72.8 cm³/mol. The van der Waals surface area contributed by atoms with Gasteiger partial charge in [0.2, 0.25) is 0 Å². The third-order valence-electron chi connectivity index (χ3n) is 2.88. The maximum absolute atomic E-state index is 5.94. The van der Waals surface area contributed by atoms with E-state index >= 15 is 0 Å². The standard InChI is InChI=1S/C13H17ClN2O2/c1-17-13(18-2)8-15-6-9-7-16-12-5-10(14)3-4-11(9)12/h3-5,7,13,15-16H,6,8H2,1-2H3. The van der Waals surface area contributed by atoms with Crippen LogP contribution in [0.25, 0.3) is 10.9 Å². The first-order chi connectivity index (χ1) is 8.74. The molecule has 0 aliphatic carbocycles. The Labute approximate surface area is 111 Å². The van der Waals surface area contributed by atoms with E-state index in [-0.39, 0.29) is 6.29 Å². The largest absolute Gasteiger partial charge is 0.361 e. The molecule has 0 radical (unpaired) electrons. The Morgan fingerprint density at radius 1 is 1.33 bits per heavy atom. The summed E-state index contributed by atoms with van der Waals surface area (Å²) in [5.74, 6) is 0. The van der Waals surface area contributed by atoms with Gasteiger partial charge in [-0.15, -0.1) is 0 Å². The second-order valence-corrected chi connectivity index (χ2v) is 4.47. The molecule has 0 amide bonds. The molecule has 18 heavy (non-hydrogen) atoms. The third-order valence-corrected chi connectivity index (χ3v) is 3.12. The van der Waals surface area contributed by atoms with Gasteiger partial charge in [-0.1, -0.05) is 17.7 Å². The monoisotopic (exact) mass is 268 g/mol. The lowest BCUT2D eigenvalue weighted by molar-refractivity contribution is -0.0988. The predicted octanol–water partition coefficient (Wildman–Crippen LogP) is 2.53. The maximum atomic E-state index is 5.94. The number of aromatic amines is 1. The van der Waals surface area contributed by atoms with Crippen molar-refractivity contribution in [3.05, 3.63) is 35.0 Å². The van der Waals surface area contributed by atoms with E-state index in [9.17, 15) is 0 Å². The molecule has 4 nitrogen and oxygen atoms in total. The van der Waals surface area contributed by atoms with E-state index in [4.69, 9.17) is 21.1 Å². The summed E-state index contributed by atoms with van der Waals surface area (Å²) in [6, 6.07) is 5.84. The fourth-order valence-electron chi connectivity index (χ4n) is 1.89. The molecule has 0 saturated carbocycles. The first-order valence-electron chi connectivity index (χ1n) is 5.76. The van der Waals surface area contributed by atoms with Crippen LogP contribution >= 0.6 is 11.6 Å². The first kappa shape index (κ1) is 13.4. The highest BCUT2D eigenvalue weighted by Crippen LogP contribution is 2.21. The number of rotatable bonds is 6. The molecule has 98 valence electrons. The Kier molecular flexibility index (Phi) is 4.60. The molecule has 0 aliphatic heterocycles. The van der Waals surface area contributed by atoms with Crippen LogP contribution in [0.15, 0.2) is 24.4 Å². The summed E-state index contributed by atoms with van der Waals surface area (Å²) < 4.78 is 10.2. The molecule has 5 heteroatoms. The zero-order valence-corrected chi connectivity index (χ0v) is 11.3. The molecule has 0 aliphatic rings. The summed E-state index contributed by atoms with van der Waals surface area (Å²) in [5.41, 5.74) is 2.25. The van der Waals surface area contributed by atoms with Crippen molar-refractivity contribution in [1.29, 1.82) is 0 Å². The fraction of sp³-hybridized carbons (Fsp3) is 0.385. The van der Waals surface area contributed by atoms with Gasteiger partial charge in [-0.25, -0.2) is 0 Å². The Morgan fingerprint density at radius 2 is 2.11 bits per heavy atom. The summed E-state index contributed by atoms with van der Waals surface area (Å²) in [7, 11) is 3.26. The molecule has 0 atom stereocenters. The smallest absolute Gasteiger partial charge is 0.169 e. The molecule has 2 N–H and O–H groups in total. The van der Waals surface area contributed by atoms with E-state index in [1.54, 1.807) is 14.2 Å². The lowest BCUT2D eigenvalue weighted by atomic mass is 10.2. The quantitative estimate of drug-likeness (QED) is 0.792. The SMILES string of the molecule is COC(CNCc1c[nH]c2cc(Cl)ccc12)OC. The Morgan fingerprint density at radius 3 is 2.83 bits per heavy atom. The van der Waals surface area contributed by atoms with Crippen molar-refractivity contribution in [2.45, 2.75) is 12.8 Å². The second-order valence-electron chi connectivity index (χ2n) is 4.04. The van der Waals surface area contributed by atoms with Crippen molar-refractivity contribution in [3.8, 4) is 0 Å². The van der Waals surface area contributed by atoms with Crippen LogP contribution in [-0.4, -0.2) is 32.0 Å². The lowest BCUT2D eigenvalue weighted by Gasteiger charge is -2.13. The number of methoxy groups -OCH3 is 2. The van der Waals surface area contributed by atoms with Crippen LogP contribution < -0.4 is 5.32 Å². The number of H-pyrrole nitrogens is 1. The summed E-state index contributed by atoms with van der Waals surface area (Å²) >= 11 is 5.94. The van der Waals surface area contributed by atoms with Gasteiger partial charge in [0.15, 0.2) is 6.29 Å². The fourth-order valence-corrected chi connectivity index (χ4v) is 2.06. The van der Waals surface area contributed by atoms with Crippen molar-refractivity contribution in [1.82, 2.24) is 10.3 Å². The van der Waals surface area contributed by atoms with Gasteiger partial charge in [-0.2, -0.15) is 0 Å². The highest BCUT2D eigenvalue weighted by Gasteiger charge is 2.06. The molecule has 1 aromatic heterocycles. The molecule has 0 unspecified atom stereocenters. The number of nitrogens with one attached hydrogen (secondary N) is 2. The van der Waals surface area contributed by atoms with Crippen molar-refractivity contribution >= 4 is 22.5 Å². The number of benzene rings is 1. The molecule has 0 spiro atoms. The first-order valence-corrected chi connectivity index (χ1v) is 6.14. The van der Waals surface area contributed by atoms with Gasteiger partial charge in [0, 0.05) is 49.4 Å². The van der Waals surface area contributed by atoms with Gasteiger partial charge in [0.05, 0.1) is 0 Å². The second kappa shape index (κ2) is 6.20. The third kappa shape index (κ3) is 3.03. The van der Waals surface area contributed by atoms with Gasteiger partial charge in [-0.3, -0.25) is 0 Å². The van der Waals surface area contributed by atoms with Gasteiger partial charge in [0.1, 0.15) is 0 Å². The topological polar surface area (TPSA) is 46.3 Å². The van der Waals surface area contributed by atoms with Gasteiger partial charge in [0.25, 0.3) is 0 Å². The maximum Gasteiger partial charge on any atom is 0.169 e. The zero-order valence-electron chi connectivity index (χ0n) is 10.5. The zero-order chi connectivity index (χ0) is 13.0. The number of hydrogen-bond acceptors (Lipinski definition) is 3. The van der Waals surface area contributed by atoms with Crippen molar-refractivity contribution in [3.63, 3.8) is 0 Å². The number of halogens is 1. The van der Waals surface area contributed by atoms with Gasteiger partial charge >= 0.3 is 0 Å². The van der Waals surface area contributed by atoms with Crippen LogP contribution in [0.4, 0.5) is 0 Å². The van der Waals surface area contributed by atoms with E-state index in [0.29, 0.717) is 6.54 Å². The summed E-state index contributed by atoms with van der Waals surface area (Å²) in [5, 5.41) is 5.21. The summed E-state index contributed by atoms with van der Waals surface area (Å²) in [6.45, 7) is 1.40. The number of aromatic nitrogens is 1. The Bertz CT molecular complexity index is 509. The van der Waals surface area contributed by atoms with Crippen molar-refractivity contribution in [2.75, 3.05) is 20.8 Å². The minimum Gasteiger partial charge on any atom is -0.361 e. The highest BCUT2D eigenvalue weighted by atomic mass is 35.5. The van der Waals surface area contributed by atoms with E-state index in [1.807, 2.05) is 24.4 Å². The van der Waals surface area contributed by atoms with Gasteiger partial charge < -0.3 is 19.8 Å². The minimum atomic E-state index is -0.218. The molecule has 0 fully saturated rings. The van der Waals surface area contributed by atoms with E-state index in [2.05, 4.69) is 10.3 Å². The summed E-state index contributed by atoms with van der Waals surface area (Å²) in [6.07, 6.45) is 1.77. The van der Waals surface area contributed by atoms with Crippen LogP contribution in [0.3, 0.4) is 0 Å². The number of hydrogen-bond donors (Lipinski definition) is 2. The minimum absolute atomic E-state index is 0.218. The average molecular weight is 269 g/mol. The van der Waals surface area contributed by atoms with E-state index in [1.165, 1.54) is 10.9 Å². The molecule has 0 saturated heterocycles. The molecule has 1 heterocycles. The van der Waals surface area contributed by atoms with E-state index in [0.717, 1.165) is 17.1 Å². The van der Waals surface area contributed by atoms with Gasteiger partial charge in [-0.05, 0) is 17.7 Å². The van der Waals surface area contributed by atoms with Crippen molar-refractivity contribution < 1.29 is 9.47 Å². The number of ether oxygens (including phenoxy) is 2. The number of fused-ring (bicyclic) bond motifs is 1. The van der Waals surface area contributed by atoms with E-state index < -0.39 is 0 Å². The highest BCUT2D eigenvalue weighted by molar-refractivity contribution is 6.31. The lowest BCUT2D eigenvalue weighted by Crippen LogP contribution is -2.29. The van der Waals surface area contributed by atoms with Crippen LogP contribution in [0, 0.1) is 0 Å². The van der Waals surface area contributed by atoms with Crippen LogP contribution in [0.2, 0.25) is 5.02 Å². The van der Waals surface area contributed by atoms with Crippen LogP contribution in [-0.2, 0) is 16.0 Å². The van der Waals surface area contributed by atoms with Crippen LogP contribution in [0.5, 0.6) is 0 Å². The van der Waals surface area contributed by atoms with Crippen LogP contribution in [0.1, 0.15) is 5.56 Å². The molecule has 2 aromatic rings. The summed E-state index contributed by atoms with van der Waals surface area (Å²) in [4.78, 5) is 3.21. The normalized spacial score (nSPS) is 11.6. The Hall–Kier alpha value is -1.07. The molecule has 0 bridgehead atoms. The molecular formula is C13H17ClN2O2. The molecule has 1 aromatic carbocycles. The molecule has 2 rings (SSSR count). The molecular weight excluding hydrogens is 252 g/mol. The Balaban J connectivity index is 2.00. The van der Waals surface area contributed by atoms with Crippen molar-refractivity contribution in [2.24, 2.45) is 0 Å².